The lowest BCUT2D eigenvalue weighted by Gasteiger charge is -2.09. The predicted molar refractivity (Wildman–Crippen MR) is 108 cm³/mol. The van der Waals surface area contributed by atoms with Crippen LogP contribution in [0.3, 0.4) is 0 Å². The largest absolute Gasteiger partial charge is 0.481 e. The van der Waals surface area contributed by atoms with Crippen LogP contribution in [0.5, 0.6) is 17.4 Å². The van der Waals surface area contributed by atoms with Gasteiger partial charge in [0.1, 0.15) is 17.9 Å². The van der Waals surface area contributed by atoms with Gasteiger partial charge in [-0.3, -0.25) is 4.79 Å². The SMILES string of the molecule is O=C(COc1ccccc1F)Nc1ccc(Oc2cc(-n3cccc3)ncn2)cc1. The molecule has 0 aliphatic rings. The van der Waals surface area contributed by atoms with Gasteiger partial charge in [0.25, 0.3) is 5.91 Å². The number of rotatable bonds is 7. The molecule has 2 heterocycles. The van der Waals surface area contributed by atoms with Crippen LogP contribution >= 0.6 is 0 Å². The minimum Gasteiger partial charge on any atom is -0.481 e. The summed E-state index contributed by atoms with van der Waals surface area (Å²) in [6.07, 6.45) is 5.17. The van der Waals surface area contributed by atoms with Gasteiger partial charge in [0.15, 0.2) is 18.2 Å². The van der Waals surface area contributed by atoms with E-state index in [1.54, 1.807) is 42.5 Å². The van der Waals surface area contributed by atoms with E-state index in [1.807, 2.05) is 29.1 Å². The van der Waals surface area contributed by atoms with Crippen molar-refractivity contribution in [3.8, 4) is 23.2 Å². The van der Waals surface area contributed by atoms with Gasteiger partial charge >= 0.3 is 0 Å². The van der Waals surface area contributed by atoms with Gasteiger partial charge < -0.3 is 19.4 Å². The summed E-state index contributed by atoms with van der Waals surface area (Å²) in [5, 5.41) is 2.68. The van der Waals surface area contributed by atoms with Crippen molar-refractivity contribution in [2.75, 3.05) is 11.9 Å². The van der Waals surface area contributed by atoms with E-state index in [0.29, 0.717) is 23.1 Å². The number of aromatic nitrogens is 3. The molecule has 1 amide bonds. The quantitative estimate of drug-likeness (QED) is 0.499. The first-order valence-corrected chi connectivity index (χ1v) is 9.08. The molecule has 4 aromatic rings. The second kappa shape index (κ2) is 8.87. The summed E-state index contributed by atoms with van der Waals surface area (Å²) >= 11 is 0. The van der Waals surface area contributed by atoms with Crippen molar-refractivity contribution in [2.24, 2.45) is 0 Å². The third kappa shape index (κ3) is 4.79. The zero-order valence-electron chi connectivity index (χ0n) is 15.7. The van der Waals surface area contributed by atoms with Crippen LogP contribution in [-0.4, -0.2) is 27.0 Å². The van der Waals surface area contributed by atoms with E-state index in [2.05, 4.69) is 15.3 Å². The minimum absolute atomic E-state index is 0.0283. The Morgan fingerprint density at radius 3 is 2.53 bits per heavy atom. The molecule has 1 N–H and O–H groups in total. The van der Waals surface area contributed by atoms with Gasteiger partial charge in [0.2, 0.25) is 5.88 Å². The number of para-hydroxylation sites is 1. The van der Waals surface area contributed by atoms with E-state index < -0.39 is 11.7 Å². The fourth-order valence-electron chi connectivity index (χ4n) is 2.64. The second-order valence-electron chi connectivity index (χ2n) is 6.20. The molecule has 0 saturated carbocycles. The molecule has 30 heavy (non-hydrogen) atoms. The van der Waals surface area contributed by atoms with Gasteiger partial charge in [-0.25, -0.2) is 14.4 Å². The van der Waals surface area contributed by atoms with Gasteiger partial charge in [-0.2, -0.15) is 0 Å². The Morgan fingerprint density at radius 1 is 1.00 bits per heavy atom. The molecule has 150 valence electrons. The Hall–Kier alpha value is -4.20. The number of hydrogen-bond acceptors (Lipinski definition) is 5. The fraction of sp³-hybridized carbons (Fsp3) is 0.0455. The highest BCUT2D eigenvalue weighted by molar-refractivity contribution is 5.91. The normalized spacial score (nSPS) is 10.4. The van der Waals surface area contributed by atoms with Crippen LogP contribution in [0.15, 0.2) is 85.5 Å². The summed E-state index contributed by atoms with van der Waals surface area (Å²) in [4.78, 5) is 20.3. The maximum absolute atomic E-state index is 13.5. The average Bonchev–Trinajstić information content (AvgIpc) is 3.30. The number of anilines is 1. The van der Waals surface area contributed by atoms with Gasteiger partial charge in [0.05, 0.1) is 0 Å². The number of hydrogen-bond donors (Lipinski definition) is 1. The van der Waals surface area contributed by atoms with Crippen LogP contribution in [0.25, 0.3) is 5.82 Å². The lowest BCUT2D eigenvalue weighted by molar-refractivity contribution is -0.118. The Morgan fingerprint density at radius 2 is 1.77 bits per heavy atom. The first kappa shape index (κ1) is 19.1. The second-order valence-corrected chi connectivity index (χ2v) is 6.20. The zero-order chi connectivity index (χ0) is 20.8. The van der Waals surface area contributed by atoms with Gasteiger partial charge in [-0.05, 0) is 48.5 Å². The van der Waals surface area contributed by atoms with Crippen molar-refractivity contribution in [3.63, 3.8) is 0 Å². The third-order valence-electron chi connectivity index (χ3n) is 4.05. The highest BCUT2D eigenvalue weighted by Gasteiger charge is 2.08. The molecule has 0 radical (unpaired) electrons. The van der Waals surface area contributed by atoms with Crippen LogP contribution in [-0.2, 0) is 4.79 Å². The van der Waals surface area contributed by atoms with E-state index in [9.17, 15) is 9.18 Å². The maximum Gasteiger partial charge on any atom is 0.262 e. The van der Waals surface area contributed by atoms with Crippen LogP contribution in [0.2, 0.25) is 0 Å². The van der Waals surface area contributed by atoms with Gasteiger partial charge in [-0.15, -0.1) is 0 Å². The van der Waals surface area contributed by atoms with E-state index in [-0.39, 0.29) is 12.4 Å². The number of carbonyl (C=O) groups is 1. The number of carbonyl (C=O) groups excluding carboxylic acids is 1. The summed E-state index contributed by atoms with van der Waals surface area (Å²) in [5.41, 5.74) is 0.556. The third-order valence-corrected chi connectivity index (χ3v) is 4.05. The number of nitrogens with one attached hydrogen (secondary N) is 1. The van der Waals surface area contributed by atoms with Crippen LogP contribution < -0.4 is 14.8 Å². The van der Waals surface area contributed by atoms with Crippen molar-refractivity contribution >= 4 is 11.6 Å². The molecule has 0 aliphatic heterocycles. The standard InChI is InChI=1S/C22H17FN4O3/c23-18-5-1-2-6-19(18)29-14-21(28)26-16-7-9-17(10-8-16)30-22-13-20(24-15-25-22)27-11-3-4-12-27/h1-13,15H,14H2,(H,26,28). The van der Waals surface area contributed by atoms with Crippen molar-refractivity contribution in [3.05, 3.63) is 91.3 Å². The summed E-state index contributed by atoms with van der Waals surface area (Å²) in [5.74, 6) is 0.733. The average molecular weight is 404 g/mol. The summed E-state index contributed by atoms with van der Waals surface area (Å²) in [6.45, 7) is -0.303. The molecule has 8 heteroatoms. The lowest BCUT2D eigenvalue weighted by atomic mass is 10.3. The van der Waals surface area contributed by atoms with Crippen molar-refractivity contribution in [1.29, 1.82) is 0 Å². The molecular weight excluding hydrogens is 387 g/mol. The van der Waals surface area contributed by atoms with Crippen molar-refractivity contribution in [1.82, 2.24) is 14.5 Å². The summed E-state index contributed by atoms with van der Waals surface area (Å²) in [6, 6.07) is 18.2. The van der Waals surface area contributed by atoms with Gasteiger partial charge in [-0.1, -0.05) is 12.1 Å². The monoisotopic (exact) mass is 404 g/mol. The predicted octanol–water partition coefficient (Wildman–Crippen LogP) is 4.22. The number of nitrogens with zero attached hydrogens (tertiary/aromatic N) is 3. The molecule has 2 aromatic heterocycles. The molecule has 7 nitrogen and oxygen atoms in total. The smallest absolute Gasteiger partial charge is 0.262 e. The lowest BCUT2D eigenvalue weighted by Crippen LogP contribution is -2.20. The number of ether oxygens (including phenoxy) is 2. The molecule has 0 fully saturated rings. The fourth-order valence-corrected chi connectivity index (χ4v) is 2.64. The van der Waals surface area contributed by atoms with Crippen LogP contribution in [0, 0.1) is 5.82 Å². The van der Waals surface area contributed by atoms with E-state index in [0.717, 1.165) is 0 Å². The van der Waals surface area contributed by atoms with Gasteiger partial charge in [0, 0.05) is 24.1 Å². The Kier molecular flexibility index (Phi) is 5.66. The minimum atomic E-state index is -0.517. The first-order chi connectivity index (χ1) is 14.7. The highest BCUT2D eigenvalue weighted by Crippen LogP contribution is 2.22. The zero-order valence-corrected chi connectivity index (χ0v) is 15.7. The van der Waals surface area contributed by atoms with Crippen LogP contribution in [0.4, 0.5) is 10.1 Å². The number of benzene rings is 2. The molecule has 0 spiro atoms. The number of halogens is 1. The molecule has 0 bridgehead atoms. The highest BCUT2D eigenvalue weighted by atomic mass is 19.1. The summed E-state index contributed by atoms with van der Waals surface area (Å²) in [7, 11) is 0. The summed E-state index contributed by atoms with van der Waals surface area (Å²) < 4.78 is 26.3. The number of amides is 1. The maximum atomic E-state index is 13.5. The Labute approximate surface area is 171 Å². The molecule has 0 saturated heterocycles. The van der Waals surface area contributed by atoms with E-state index in [1.165, 1.54) is 18.5 Å². The molecular formula is C22H17FN4O3. The Bertz CT molecular complexity index is 1130. The topological polar surface area (TPSA) is 78.3 Å². The molecule has 2 aromatic carbocycles. The molecule has 0 unspecified atom stereocenters. The molecule has 0 aliphatic carbocycles. The van der Waals surface area contributed by atoms with E-state index in [4.69, 9.17) is 9.47 Å². The Balaban J connectivity index is 1.33. The molecule has 4 rings (SSSR count). The van der Waals surface area contributed by atoms with E-state index >= 15 is 0 Å². The van der Waals surface area contributed by atoms with Crippen molar-refractivity contribution < 1.29 is 18.7 Å². The van der Waals surface area contributed by atoms with Crippen molar-refractivity contribution in [2.45, 2.75) is 0 Å². The van der Waals surface area contributed by atoms with Crippen LogP contribution in [0.1, 0.15) is 0 Å². The first-order valence-electron chi connectivity index (χ1n) is 9.08. The molecule has 0 atom stereocenters.